The van der Waals surface area contributed by atoms with Crippen LogP contribution in [0.3, 0.4) is 0 Å². The van der Waals surface area contributed by atoms with Gasteiger partial charge in [-0.1, -0.05) is 18.2 Å². The molecule has 1 amide bonds. The Hall–Kier alpha value is -2.60. The first-order valence-corrected chi connectivity index (χ1v) is 10.5. The van der Waals surface area contributed by atoms with Crippen LogP contribution in [0, 0.1) is 12.8 Å². The van der Waals surface area contributed by atoms with Crippen LogP contribution < -0.4 is 10.3 Å². The highest BCUT2D eigenvalue weighted by molar-refractivity contribution is 5.94. The molecule has 0 radical (unpaired) electrons. The van der Waals surface area contributed by atoms with Crippen LogP contribution in [0.2, 0.25) is 0 Å². The number of aromatic nitrogens is 1. The topological polar surface area (TPSA) is 65.6 Å². The zero-order chi connectivity index (χ0) is 20.1. The van der Waals surface area contributed by atoms with E-state index in [1.54, 1.807) is 19.2 Å². The number of H-pyrrole nitrogens is 1. The minimum absolute atomic E-state index is 0.146. The summed E-state index contributed by atoms with van der Waals surface area (Å²) >= 11 is 0. The van der Waals surface area contributed by atoms with Gasteiger partial charge in [-0.15, -0.1) is 0 Å². The minimum Gasteiger partial charge on any atom is -0.496 e. The fourth-order valence-corrected chi connectivity index (χ4v) is 5.80. The lowest BCUT2D eigenvalue weighted by Crippen LogP contribution is -2.61. The van der Waals surface area contributed by atoms with Gasteiger partial charge in [0.25, 0.3) is 11.5 Å². The highest BCUT2D eigenvalue weighted by Gasteiger charge is 2.55. The molecule has 1 aromatic carbocycles. The zero-order valence-electron chi connectivity index (χ0n) is 16.9. The van der Waals surface area contributed by atoms with Gasteiger partial charge in [-0.05, 0) is 57.0 Å². The Labute approximate surface area is 170 Å². The quantitative estimate of drug-likeness (QED) is 0.870. The number of para-hydroxylation sites is 1. The molecule has 3 atom stereocenters. The zero-order valence-corrected chi connectivity index (χ0v) is 16.9. The number of pyridine rings is 1. The van der Waals surface area contributed by atoms with Crippen molar-refractivity contribution in [1.82, 2.24) is 14.8 Å². The number of likely N-dealkylation sites (tertiary alicyclic amines) is 1. The van der Waals surface area contributed by atoms with E-state index >= 15 is 0 Å². The summed E-state index contributed by atoms with van der Waals surface area (Å²) in [7, 11) is 1.70. The molecule has 4 aliphatic heterocycles. The van der Waals surface area contributed by atoms with E-state index in [1.807, 2.05) is 30.0 Å². The van der Waals surface area contributed by atoms with E-state index in [9.17, 15) is 9.59 Å². The Kier molecular flexibility index (Phi) is 4.46. The Balaban J connectivity index is 1.56. The van der Waals surface area contributed by atoms with Gasteiger partial charge in [0.15, 0.2) is 0 Å². The van der Waals surface area contributed by atoms with Crippen LogP contribution in [-0.2, 0) is 0 Å². The number of ether oxygens (including phenoxy) is 1. The fraction of sp³-hybridized carbons (Fsp3) is 0.478. The second-order valence-corrected chi connectivity index (χ2v) is 8.54. The van der Waals surface area contributed by atoms with Crippen molar-refractivity contribution in [3.05, 3.63) is 63.6 Å². The number of hydrogen-bond donors (Lipinski definition) is 1. The van der Waals surface area contributed by atoms with Gasteiger partial charge in [-0.2, -0.15) is 0 Å². The van der Waals surface area contributed by atoms with Gasteiger partial charge in [-0.3, -0.25) is 14.5 Å². The van der Waals surface area contributed by atoms with Gasteiger partial charge in [0.2, 0.25) is 0 Å². The maximum absolute atomic E-state index is 13.5. The number of aromatic amines is 1. The standard InChI is InChI=1S/C23H27N3O3/c1-14-7-8-17(22(27)24-14)23(28)26-13-18(16-5-3-4-6-19(16)29-2)21-20(26)15-9-11-25(21)12-10-15/h3-8,15,18,20-21H,9-13H2,1-2H3,(H,24,27)/t18-,20+,21+/m0/s1. The summed E-state index contributed by atoms with van der Waals surface area (Å²) in [5.74, 6) is 1.42. The normalized spacial score (nSPS) is 30.3. The maximum atomic E-state index is 13.5. The molecule has 4 aliphatic rings. The largest absolute Gasteiger partial charge is 0.496 e. The monoisotopic (exact) mass is 393 g/mol. The van der Waals surface area contributed by atoms with E-state index in [-0.39, 0.29) is 35.0 Å². The molecule has 6 rings (SSSR count). The molecule has 5 heterocycles. The molecule has 2 bridgehead atoms. The van der Waals surface area contributed by atoms with Crippen molar-refractivity contribution in [3.63, 3.8) is 0 Å². The van der Waals surface area contributed by atoms with Gasteiger partial charge in [0, 0.05) is 29.8 Å². The number of carbonyl (C=O) groups is 1. The highest BCUT2D eigenvalue weighted by Crippen LogP contribution is 2.48. The van der Waals surface area contributed by atoms with E-state index in [0.29, 0.717) is 12.5 Å². The third-order valence-corrected chi connectivity index (χ3v) is 7.08. The van der Waals surface area contributed by atoms with E-state index < -0.39 is 0 Å². The van der Waals surface area contributed by atoms with Crippen LogP contribution in [0.15, 0.2) is 41.2 Å². The minimum atomic E-state index is -0.298. The third-order valence-electron chi connectivity index (χ3n) is 7.08. The molecule has 6 nitrogen and oxygen atoms in total. The molecule has 0 saturated carbocycles. The van der Waals surface area contributed by atoms with Gasteiger partial charge < -0.3 is 14.6 Å². The van der Waals surface area contributed by atoms with Gasteiger partial charge in [0.05, 0.1) is 13.2 Å². The van der Waals surface area contributed by atoms with Crippen LogP contribution in [0.25, 0.3) is 0 Å². The summed E-state index contributed by atoms with van der Waals surface area (Å²) in [6.45, 7) is 4.62. The molecule has 0 spiro atoms. The summed E-state index contributed by atoms with van der Waals surface area (Å²) in [6, 6.07) is 12.1. The smallest absolute Gasteiger partial charge is 0.260 e. The SMILES string of the molecule is COc1ccccc1[C@@H]1CN(C(=O)c2ccc(C)[nH]c2=O)[C@@H]2C3CCN(CC3)[C@@H]21. The summed E-state index contributed by atoms with van der Waals surface area (Å²) in [4.78, 5) is 33.3. The first kappa shape index (κ1) is 18.4. The summed E-state index contributed by atoms with van der Waals surface area (Å²) < 4.78 is 5.65. The summed E-state index contributed by atoms with van der Waals surface area (Å²) in [6.07, 6.45) is 2.24. The summed E-state index contributed by atoms with van der Waals surface area (Å²) in [5.41, 5.74) is 1.87. The van der Waals surface area contributed by atoms with Crippen molar-refractivity contribution >= 4 is 5.91 Å². The maximum Gasteiger partial charge on any atom is 0.260 e. The highest BCUT2D eigenvalue weighted by atomic mass is 16.5. The van der Waals surface area contributed by atoms with Crippen molar-refractivity contribution in [2.24, 2.45) is 5.92 Å². The number of nitrogens with zero attached hydrogens (tertiary/aromatic N) is 2. The number of amides is 1. The second kappa shape index (κ2) is 7.02. The first-order valence-electron chi connectivity index (χ1n) is 10.5. The Morgan fingerprint density at radius 2 is 1.86 bits per heavy atom. The van der Waals surface area contributed by atoms with Crippen molar-refractivity contribution in [3.8, 4) is 5.75 Å². The molecule has 0 aliphatic carbocycles. The number of nitrogens with one attached hydrogen (secondary N) is 1. The van der Waals surface area contributed by atoms with Crippen molar-refractivity contribution < 1.29 is 9.53 Å². The predicted molar refractivity (Wildman–Crippen MR) is 110 cm³/mol. The molecule has 29 heavy (non-hydrogen) atoms. The molecule has 1 aromatic heterocycles. The van der Waals surface area contributed by atoms with Crippen LogP contribution in [0.1, 0.15) is 40.4 Å². The van der Waals surface area contributed by atoms with Crippen LogP contribution in [-0.4, -0.2) is 59.5 Å². The summed E-state index contributed by atoms with van der Waals surface area (Å²) in [5, 5.41) is 0. The van der Waals surface area contributed by atoms with E-state index in [0.717, 1.165) is 42.9 Å². The van der Waals surface area contributed by atoms with Crippen molar-refractivity contribution in [2.75, 3.05) is 26.7 Å². The fourth-order valence-electron chi connectivity index (χ4n) is 5.80. The van der Waals surface area contributed by atoms with Gasteiger partial charge in [0.1, 0.15) is 11.3 Å². The number of methoxy groups -OCH3 is 1. The molecule has 152 valence electrons. The Morgan fingerprint density at radius 3 is 2.59 bits per heavy atom. The second-order valence-electron chi connectivity index (χ2n) is 8.54. The molecule has 4 fully saturated rings. The van der Waals surface area contributed by atoms with Crippen molar-refractivity contribution in [2.45, 2.75) is 37.8 Å². The van der Waals surface area contributed by atoms with Crippen LogP contribution >= 0.6 is 0 Å². The molecular weight excluding hydrogens is 366 g/mol. The Bertz CT molecular complexity index is 993. The number of piperidine rings is 3. The Morgan fingerprint density at radius 1 is 1.10 bits per heavy atom. The van der Waals surface area contributed by atoms with Gasteiger partial charge >= 0.3 is 0 Å². The molecule has 0 unspecified atom stereocenters. The van der Waals surface area contributed by atoms with E-state index in [1.165, 1.54) is 0 Å². The van der Waals surface area contributed by atoms with Crippen LogP contribution in [0.5, 0.6) is 5.75 Å². The number of aryl methyl sites for hydroxylation is 1. The lowest BCUT2D eigenvalue weighted by molar-refractivity contribution is -0.00355. The molecule has 6 heteroatoms. The number of hydrogen-bond acceptors (Lipinski definition) is 4. The number of fused-ring (bicyclic) bond motifs is 2. The average Bonchev–Trinajstić information content (AvgIpc) is 3.17. The molecule has 4 saturated heterocycles. The molecular formula is C23H27N3O3. The lowest BCUT2D eigenvalue weighted by atomic mass is 9.75. The van der Waals surface area contributed by atoms with Crippen LogP contribution in [0.4, 0.5) is 0 Å². The molecule has 1 N–H and O–H groups in total. The van der Waals surface area contributed by atoms with Crippen molar-refractivity contribution in [1.29, 1.82) is 0 Å². The number of rotatable bonds is 3. The number of carbonyl (C=O) groups excluding carboxylic acids is 1. The number of benzene rings is 1. The van der Waals surface area contributed by atoms with Gasteiger partial charge in [-0.25, -0.2) is 0 Å². The van der Waals surface area contributed by atoms with E-state index in [4.69, 9.17) is 4.74 Å². The third kappa shape index (κ3) is 2.89. The predicted octanol–water partition coefficient (Wildman–Crippen LogP) is 2.39. The first-order chi connectivity index (χ1) is 14.1. The lowest BCUT2D eigenvalue weighted by Gasteiger charge is -2.51. The molecule has 2 aromatic rings. The average molecular weight is 393 g/mol. The van der Waals surface area contributed by atoms with E-state index in [2.05, 4.69) is 16.0 Å².